The van der Waals surface area contributed by atoms with Gasteiger partial charge in [0.05, 0.1) is 42.6 Å². The molecular formula is C23H30N4O3S. The molecule has 31 heavy (non-hydrogen) atoms. The van der Waals surface area contributed by atoms with E-state index in [4.69, 9.17) is 14.5 Å². The lowest BCUT2D eigenvalue weighted by Gasteiger charge is -2.27. The van der Waals surface area contributed by atoms with Crippen LogP contribution in [0.1, 0.15) is 25.0 Å². The van der Waals surface area contributed by atoms with Gasteiger partial charge in [0.2, 0.25) is 5.91 Å². The van der Waals surface area contributed by atoms with Crippen molar-refractivity contribution < 1.29 is 14.3 Å². The van der Waals surface area contributed by atoms with E-state index in [-0.39, 0.29) is 11.9 Å². The Morgan fingerprint density at radius 2 is 2.00 bits per heavy atom. The Bertz CT molecular complexity index is 947. The number of aromatic nitrogens is 1. The number of benzene rings is 1. The van der Waals surface area contributed by atoms with Crippen molar-refractivity contribution in [1.82, 2.24) is 9.88 Å². The van der Waals surface area contributed by atoms with Gasteiger partial charge in [-0.15, -0.1) is 11.8 Å². The number of rotatable bonds is 6. The van der Waals surface area contributed by atoms with E-state index in [0.29, 0.717) is 38.6 Å². The second kappa shape index (κ2) is 9.63. The van der Waals surface area contributed by atoms with Gasteiger partial charge >= 0.3 is 0 Å². The predicted octanol–water partition coefficient (Wildman–Crippen LogP) is 3.12. The number of morpholine rings is 1. The smallest absolute Gasteiger partial charge is 0.224 e. The number of nitrogens with one attached hydrogen (secondary N) is 2. The highest BCUT2D eigenvalue weighted by atomic mass is 32.2. The van der Waals surface area contributed by atoms with Crippen LogP contribution in [0.3, 0.4) is 0 Å². The zero-order valence-corrected chi connectivity index (χ0v) is 18.6. The molecule has 0 aliphatic carbocycles. The number of hydrogen-bond donors (Lipinski definition) is 2. The number of anilines is 1. The largest absolute Gasteiger partial charge is 0.383 e. The Balaban J connectivity index is 1.25. The lowest BCUT2D eigenvalue weighted by atomic mass is 10.0. The number of fused-ring (bicyclic) bond motifs is 1. The summed E-state index contributed by atoms with van der Waals surface area (Å²) < 4.78 is 10.8. The van der Waals surface area contributed by atoms with E-state index < -0.39 is 0 Å². The molecule has 1 aromatic heterocycles. The molecule has 0 bridgehead atoms. The number of carbonyl (C=O) groups is 1. The Kier molecular flexibility index (Phi) is 6.47. The molecule has 2 N–H and O–H groups in total. The van der Waals surface area contributed by atoms with Gasteiger partial charge in [-0.05, 0) is 30.9 Å². The molecule has 3 aliphatic rings. The third kappa shape index (κ3) is 4.91. The molecule has 4 heterocycles. The van der Waals surface area contributed by atoms with Crippen molar-refractivity contribution in [3.63, 3.8) is 0 Å². The zero-order valence-electron chi connectivity index (χ0n) is 17.8. The Labute approximate surface area is 186 Å². The first kappa shape index (κ1) is 20.8. The lowest BCUT2D eigenvalue weighted by Crippen LogP contribution is -2.41. The third-order valence-electron chi connectivity index (χ3n) is 6.29. The van der Waals surface area contributed by atoms with Gasteiger partial charge in [0.25, 0.3) is 0 Å². The highest BCUT2D eigenvalue weighted by Gasteiger charge is 2.26. The number of thioether (sulfide) groups is 1. The first-order valence-electron chi connectivity index (χ1n) is 11.3. The highest BCUT2D eigenvalue weighted by Crippen LogP contribution is 2.30. The average molecular weight is 443 g/mol. The van der Waals surface area contributed by atoms with E-state index in [1.54, 1.807) is 11.8 Å². The van der Waals surface area contributed by atoms with E-state index in [1.165, 1.54) is 5.39 Å². The second-order valence-electron chi connectivity index (χ2n) is 8.49. The Hall–Kier alpha value is -2.03. The molecule has 7 nitrogen and oxygen atoms in total. The van der Waals surface area contributed by atoms with Crippen LogP contribution in [0.4, 0.5) is 5.69 Å². The topological polar surface area (TPSA) is 78.9 Å². The number of para-hydroxylation sites is 1. The van der Waals surface area contributed by atoms with Crippen molar-refractivity contribution in [2.75, 3.05) is 57.1 Å². The second-order valence-corrected chi connectivity index (χ2v) is 9.49. The monoisotopic (exact) mass is 442 g/mol. The van der Waals surface area contributed by atoms with E-state index in [2.05, 4.69) is 34.6 Å². The van der Waals surface area contributed by atoms with Crippen LogP contribution in [0.15, 0.2) is 29.3 Å². The first-order valence-corrected chi connectivity index (χ1v) is 12.2. The van der Waals surface area contributed by atoms with Crippen molar-refractivity contribution in [1.29, 1.82) is 0 Å². The molecule has 2 fully saturated rings. The van der Waals surface area contributed by atoms with Crippen LogP contribution in [0, 0.1) is 5.92 Å². The SMILES string of the molecule is O=C(CC1CSC(c2cc3cccc(NCC4CCOCC4)c3[nH]2)=N1)N1CCOCC1. The van der Waals surface area contributed by atoms with Gasteiger partial charge in [-0.3, -0.25) is 9.79 Å². The molecule has 1 atom stereocenters. The number of aromatic amines is 1. The number of ether oxygens (including phenoxy) is 2. The summed E-state index contributed by atoms with van der Waals surface area (Å²) >= 11 is 1.74. The van der Waals surface area contributed by atoms with Crippen LogP contribution in [0.25, 0.3) is 10.9 Å². The highest BCUT2D eigenvalue weighted by molar-refractivity contribution is 8.14. The number of nitrogens with zero attached hydrogens (tertiary/aromatic N) is 2. The molecule has 1 amide bonds. The van der Waals surface area contributed by atoms with Gasteiger partial charge in [-0.25, -0.2) is 0 Å². The molecular weight excluding hydrogens is 412 g/mol. The summed E-state index contributed by atoms with van der Waals surface area (Å²) in [6.07, 6.45) is 2.72. The van der Waals surface area contributed by atoms with Gasteiger partial charge in [0, 0.05) is 44.0 Å². The summed E-state index contributed by atoms with van der Waals surface area (Å²) in [6.45, 7) is 5.38. The molecule has 5 rings (SSSR count). The molecule has 2 saturated heterocycles. The van der Waals surface area contributed by atoms with Crippen LogP contribution >= 0.6 is 11.8 Å². The maximum atomic E-state index is 12.6. The van der Waals surface area contributed by atoms with Crippen LogP contribution in [-0.2, 0) is 14.3 Å². The Morgan fingerprint density at radius 3 is 2.84 bits per heavy atom. The fourth-order valence-corrected chi connectivity index (χ4v) is 5.47. The van der Waals surface area contributed by atoms with Gasteiger partial charge in [0.1, 0.15) is 5.04 Å². The number of aliphatic imine (C=N–C) groups is 1. The zero-order chi connectivity index (χ0) is 21.0. The lowest BCUT2D eigenvalue weighted by molar-refractivity contribution is -0.135. The number of carbonyl (C=O) groups excluding carboxylic acids is 1. The van der Waals surface area contributed by atoms with Crippen LogP contribution in [0.2, 0.25) is 0 Å². The van der Waals surface area contributed by atoms with E-state index >= 15 is 0 Å². The normalized spacial score (nSPS) is 22.6. The van der Waals surface area contributed by atoms with Crippen LogP contribution in [-0.4, -0.2) is 78.7 Å². The summed E-state index contributed by atoms with van der Waals surface area (Å²) in [5.41, 5.74) is 3.31. The van der Waals surface area contributed by atoms with E-state index in [1.807, 2.05) is 4.90 Å². The average Bonchev–Trinajstić information content (AvgIpc) is 3.46. The summed E-state index contributed by atoms with van der Waals surface area (Å²) in [7, 11) is 0. The Morgan fingerprint density at radius 1 is 1.19 bits per heavy atom. The molecule has 0 spiro atoms. The van der Waals surface area contributed by atoms with Gasteiger partial charge in [-0.2, -0.15) is 0 Å². The van der Waals surface area contributed by atoms with Gasteiger partial charge in [0.15, 0.2) is 0 Å². The quantitative estimate of drug-likeness (QED) is 0.719. The van der Waals surface area contributed by atoms with Crippen molar-refractivity contribution in [3.05, 3.63) is 30.0 Å². The van der Waals surface area contributed by atoms with Crippen molar-refractivity contribution >= 4 is 39.3 Å². The fourth-order valence-electron chi connectivity index (χ4n) is 4.43. The third-order valence-corrected chi connectivity index (χ3v) is 7.45. The summed E-state index contributed by atoms with van der Waals surface area (Å²) in [4.78, 5) is 22.9. The first-order chi connectivity index (χ1) is 15.3. The fraction of sp³-hybridized carbons (Fsp3) is 0.565. The maximum absolute atomic E-state index is 12.6. The maximum Gasteiger partial charge on any atom is 0.224 e. The predicted molar refractivity (Wildman–Crippen MR) is 125 cm³/mol. The molecule has 8 heteroatoms. The van der Waals surface area contributed by atoms with Crippen molar-refractivity contribution in [2.45, 2.75) is 25.3 Å². The number of H-pyrrole nitrogens is 1. The van der Waals surface area contributed by atoms with Crippen LogP contribution in [0.5, 0.6) is 0 Å². The van der Waals surface area contributed by atoms with Crippen LogP contribution < -0.4 is 5.32 Å². The van der Waals surface area contributed by atoms with Crippen molar-refractivity contribution in [3.8, 4) is 0 Å². The molecule has 3 aliphatic heterocycles. The van der Waals surface area contributed by atoms with Gasteiger partial charge in [-0.1, -0.05) is 12.1 Å². The molecule has 166 valence electrons. The summed E-state index contributed by atoms with van der Waals surface area (Å²) in [6, 6.07) is 8.59. The van der Waals surface area contributed by atoms with Crippen molar-refractivity contribution in [2.24, 2.45) is 10.9 Å². The number of amides is 1. The van der Waals surface area contributed by atoms with E-state index in [0.717, 1.165) is 60.3 Å². The molecule has 1 unspecified atom stereocenters. The molecule has 1 aromatic carbocycles. The minimum absolute atomic E-state index is 0.0490. The van der Waals surface area contributed by atoms with Gasteiger partial charge < -0.3 is 24.7 Å². The number of hydrogen-bond acceptors (Lipinski definition) is 6. The molecule has 0 saturated carbocycles. The standard InChI is InChI=1S/C23H30N4O3S/c28-21(27-6-10-30-11-7-27)13-18-15-31-23(25-18)20-12-17-2-1-3-19(22(17)26-20)24-14-16-4-8-29-9-5-16/h1-3,12,16,18,24,26H,4-11,13-15H2. The summed E-state index contributed by atoms with van der Waals surface area (Å²) in [5, 5.41) is 5.83. The minimum Gasteiger partial charge on any atom is -0.383 e. The molecule has 2 aromatic rings. The van der Waals surface area contributed by atoms with E-state index in [9.17, 15) is 4.79 Å². The summed E-state index contributed by atoms with van der Waals surface area (Å²) in [5.74, 6) is 1.71. The minimum atomic E-state index is 0.0490. The molecule has 0 radical (unpaired) electrons.